The minimum absolute atomic E-state index is 0. The van der Waals surface area contributed by atoms with Crippen molar-refractivity contribution in [3.05, 3.63) is 34.9 Å². The Kier molecular flexibility index (Phi) is 4.45. The highest BCUT2D eigenvalue weighted by Crippen LogP contribution is 2.29. The van der Waals surface area contributed by atoms with E-state index < -0.39 is 0 Å². The van der Waals surface area contributed by atoms with Crippen LogP contribution in [-0.2, 0) is 13.1 Å². The van der Waals surface area contributed by atoms with Crippen molar-refractivity contribution in [3.8, 4) is 0 Å². The molecule has 1 aromatic rings. The van der Waals surface area contributed by atoms with Gasteiger partial charge in [-0.3, -0.25) is 9.69 Å². The standard InChI is InChI=1S/C14H19N3O.ClH/c15-14(18)12-3-1-2-10-8-17(9-13(10)12)11-4-6-16-7-5-11;/h1-3,11,16H,4-9H2,(H2,15,18);1H. The molecule has 5 heteroatoms. The van der Waals surface area contributed by atoms with Gasteiger partial charge in [-0.05, 0) is 43.1 Å². The van der Waals surface area contributed by atoms with Gasteiger partial charge in [0.25, 0.3) is 0 Å². The summed E-state index contributed by atoms with van der Waals surface area (Å²) in [6.45, 7) is 4.03. The number of hydrogen-bond donors (Lipinski definition) is 2. The van der Waals surface area contributed by atoms with Crippen molar-refractivity contribution in [2.45, 2.75) is 32.0 Å². The Morgan fingerprint density at radius 3 is 2.68 bits per heavy atom. The van der Waals surface area contributed by atoms with E-state index in [-0.39, 0.29) is 18.3 Å². The van der Waals surface area contributed by atoms with Crippen molar-refractivity contribution < 1.29 is 4.79 Å². The molecule has 2 aliphatic heterocycles. The minimum atomic E-state index is -0.306. The highest BCUT2D eigenvalue weighted by Gasteiger charge is 2.28. The Bertz CT molecular complexity index is 472. The summed E-state index contributed by atoms with van der Waals surface area (Å²) >= 11 is 0. The van der Waals surface area contributed by atoms with Gasteiger partial charge in [-0.25, -0.2) is 0 Å². The molecule has 19 heavy (non-hydrogen) atoms. The second kappa shape index (κ2) is 5.90. The maximum Gasteiger partial charge on any atom is 0.249 e. The van der Waals surface area contributed by atoms with Crippen LogP contribution in [0.5, 0.6) is 0 Å². The van der Waals surface area contributed by atoms with E-state index in [1.807, 2.05) is 12.1 Å². The zero-order valence-electron chi connectivity index (χ0n) is 10.9. The van der Waals surface area contributed by atoms with Gasteiger partial charge in [0.15, 0.2) is 0 Å². The average molecular weight is 282 g/mol. The molecular weight excluding hydrogens is 262 g/mol. The molecule has 0 radical (unpaired) electrons. The zero-order chi connectivity index (χ0) is 12.5. The van der Waals surface area contributed by atoms with Crippen LogP contribution in [0.2, 0.25) is 0 Å². The molecule has 0 spiro atoms. The van der Waals surface area contributed by atoms with Crippen molar-refractivity contribution >= 4 is 18.3 Å². The topological polar surface area (TPSA) is 58.4 Å². The largest absolute Gasteiger partial charge is 0.366 e. The van der Waals surface area contributed by atoms with E-state index in [9.17, 15) is 4.79 Å². The van der Waals surface area contributed by atoms with E-state index in [0.29, 0.717) is 11.6 Å². The Morgan fingerprint density at radius 2 is 2.00 bits per heavy atom. The predicted molar refractivity (Wildman–Crippen MR) is 77.3 cm³/mol. The summed E-state index contributed by atoms with van der Waals surface area (Å²) in [5.74, 6) is -0.306. The SMILES string of the molecule is Cl.NC(=O)c1cccc2c1CN(C1CCNCC1)C2. The number of nitrogens with two attached hydrogens (primary N) is 1. The summed E-state index contributed by atoms with van der Waals surface area (Å²) in [5.41, 5.74) is 8.55. The van der Waals surface area contributed by atoms with E-state index >= 15 is 0 Å². The third kappa shape index (κ3) is 2.76. The number of piperidine rings is 1. The van der Waals surface area contributed by atoms with Crippen molar-refractivity contribution in [1.82, 2.24) is 10.2 Å². The summed E-state index contributed by atoms with van der Waals surface area (Å²) in [7, 11) is 0. The lowest BCUT2D eigenvalue weighted by Crippen LogP contribution is -2.40. The second-order valence-electron chi connectivity index (χ2n) is 5.19. The molecule has 1 fully saturated rings. The second-order valence-corrected chi connectivity index (χ2v) is 5.19. The van der Waals surface area contributed by atoms with Crippen molar-refractivity contribution in [2.24, 2.45) is 5.73 Å². The van der Waals surface area contributed by atoms with Gasteiger partial charge in [-0.15, -0.1) is 12.4 Å². The van der Waals surface area contributed by atoms with Gasteiger partial charge >= 0.3 is 0 Å². The number of nitrogens with zero attached hydrogens (tertiary/aromatic N) is 1. The molecule has 3 rings (SSSR count). The van der Waals surface area contributed by atoms with E-state index in [1.54, 1.807) is 0 Å². The lowest BCUT2D eigenvalue weighted by atomic mass is 10.0. The highest BCUT2D eigenvalue weighted by molar-refractivity contribution is 5.94. The molecule has 0 atom stereocenters. The molecule has 1 amide bonds. The fraction of sp³-hybridized carbons (Fsp3) is 0.500. The molecule has 0 unspecified atom stereocenters. The maximum absolute atomic E-state index is 11.4. The smallest absolute Gasteiger partial charge is 0.249 e. The number of benzene rings is 1. The fourth-order valence-corrected chi connectivity index (χ4v) is 3.11. The Labute approximate surface area is 119 Å². The van der Waals surface area contributed by atoms with Gasteiger partial charge in [0, 0.05) is 24.7 Å². The van der Waals surface area contributed by atoms with Crippen LogP contribution in [0.1, 0.15) is 34.3 Å². The predicted octanol–water partition coefficient (Wildman–Crippen LogP) is 1.27. The normalized spacial score (nSPS) is 19.8. The first-order valence-electron chi connectivity index (χ1n) is 6.61. The van der Waals surface area contributed by atoms with Crippen LogP contribution < -0.4 is 11.1 Å². The van der Waals surface area contributed by atoms with Crippen LogP contribution in [0.4, 0.5) is 0 Å². The summed E-state index contributed by atoms with van der Waals surface area (Å²) < 4.78 is 0. The minimum Gasteiger partial charge on any atom is -0.366 e. The van der Waals surface area contributed by atoms with Crippen LogP contribution >= 0.6 is 12.4 Å². The van der Waals surface area contributed by atoms with Crippen LogP contribution in [0.15, 0.2) is 18.2 Å². The van der Waals surface area contributed by atoms with Crippen molar-refractivity contribution in [2.75, 3.05) is 13.1 Å². The Morgan fingerprint density at radius 1 is 1.26 bits per heavy atom. The molecule has 104 valence electrons. The van der Waals surface area contributed by atoms with E-state index in [0.717, 1.165) is 31.7 Å². The van der Waals surface area contributed by atoms with E-state index in [2.05, 4.69) is 16.3 Å². The molecule has 2 aliphatic rings. The van der Waals surface area contributed by atoms with Crippen LogP contribution in [0, 0.1) is 0 Å². The Hall–Kier alpha value is -1.10. The van der Waals surface area contributed by atoms with Gasteiger partial charge in [0.2, 0.25) is 5.91 Å². The third-order valence-corrected chi connectivity index (χ3v) is 4.10. The summed E-state index contributed by atoms with van der Waals surface area (Å²) in [6, 6.07) is 6.53. The summed E-state index contributed by atoms with van der Waals surface area (Å²) in [6.07, 6.45) is 2.39. The number of halogens is 1. The number of amides is 1. The molecule has 3 N–H and O–H groups in total. The van der Waals surface area contributed by atoms with E-state index in [1.165, 1.54) is 18.4 Å². The van der Waals surface area contributed by atoms with E-state index in [4.69, 9.17) is 5.73 Å². The average Bonchev–Trinajstić information content (AvgIpc) is 2.83. The number of nitrogens with one attached hydrogen (secondary N) is 1. The number of carbonyl (C=O) groups excluding carboxylic acids is 1. The lowest BCUT2D eigenvalue weighted by molar-refractivity contribution is 0.0998. The van der Waals surface area contributed by atoms with Gasteiger partial charge in [-0.1, -0.05) is 12.1 Å². The molecule has 0 aromatic heterocycles. The fourth-order valence-electron chi connectivity index (χ4n) is 3.11. The first kappa shape index (κ1) is 14.3. The monoisotopic (exact) mass is 281 g/mol. The number of primary amides is 1. The molecule has 2 heterocycles. The quantitative estimate of drug-likeness (QED) is 0.858. The Balaban J connectivity index is 0.00000133. The molecule has 0 aliphatic carbocycles. The van der Waals surface area contributed by atoms with Crippen molar-refractivity contribution in [3.63, 3.8) is 0 Å². The number of rotatable bonds is 2. The number of carbonyl (C=O) groups is 1. The van der Waals surface area contributed by atoms with Crippen molar-refractivity contribution in [1.29, 1.82) is 0 Å². The first-order chi connectivity index (χ1) is 8.75. The van der Waals surface area contributed by atoms with Gasteiger partial charge in [0.05, 0.1) is 0 Å². The zero-order valence-corrected chi connectivity index (χ0v) is 11.7. The van der Waals surface area contributed by atoms with Crippen LogP contribution in [0.3, 0.4) is 0 Å². The van der Waals surface area contributed by atoms with Gasteiger partial charge < -0.3 is 11.1 Å². The number of fused-ring (bicyclic) bond motifs is 1. The molecule has 1 aromatic carbocycles. The molecule has 1 saturated heterocycles. The summed E-state index contributed by atoms with van der Waals surface area (Å²) in [4.78, 5) is 13.9. The van der Waals surface area contributed by atoms with Gasteiger partial charge in [-0.2, -0.15) is 0 Å². The summed E-state index contributed by atoms with van der Waals surface area (Å²) in [5, 5.41) is 3.39. The van der Waals surface area contributed by atoms with Crippen LogP contribution in [0.25, 0.3) is 0 Å². The van der Waals surface area contributed by atoms with Crippen LogP contribution in [-0.4, -0.2) is 29.9 Å². The third-order valence-electron chi connectivity index (χ3n) is 4.10. The molecular formula is C14H20ClN3O. The molecule has 0 saturated carbocycles. The highest BCUT2D eigenvalue weighted by atomic mass is 35.5. The molecule has 0 bridgehead atoms. The first-order valence-corrected chi connectivity index (χ1v) is 6.61. The van der Waals surface area contributed by atoms with Gasteiger partial charge in [0.1, 0.15) is 0 Å². The molecule has 4 nitrogen and oxygen atoms in total. The number of hydrogen-bond acceptors (Lipinski definition) is 3. The maximum atomic E-state index is 11.4. The lowest BCUT2D eigenvalue weighted by Gasteiger charge is -2.31.